The molecule has 0 unspecified atom stereocenters. The fourth-order valence-electron chi connectivity index (χ4n) is 3.11. The van der Waals surface area contributed by atoms with Crippen molar-refractivity contribution in [1.82, 2.24) is 19.8 Å². The first kappa shape index (κ1) is 15.2. The summed E-state index contributed by atoms with van der Waals surface area (Å²) < 4.78 is 5.89. The molecule has 0 atom stereocenters. The molecule has 1 aromatic rings. The average molecular weight is 304 g/mol. The summed E-state index contributed by atoms with van der Waals surface area (Å²) in [5.74, 6) is 0.882. The lowest BCUT2D eigenvalue weighted by molar-refractivity contribution is -0.131. The van der Waals surface area contributed by atoms with E-state index in [4.69, 9.17) is 4.74 Å². The highest BCUT2D eigenvalue weighted by atomic mass is 16.5. The summed E-state index contributed by atoms with van der Waals surface area (Å²) in [6.07, 6.45) is 7.73. The van der Waals surface area contributed by atoms with Crippen LogP contribution >= 0.6 is 0 Å². The third-order valence-corrected chi connectivity index (χ3v) is 4.37. The quantitative estimate of drug-likeness (QED) is 0.838. The second kappa shape index (κ2) is 7.05. The number of hydrogen-bond acceptors (Lipinski definition) is 5. The lowest BCUT2D eigenvalue weighted by Gasteiger charge is -2.32. The molecular weight excluding hydrogens is 280 g/mol. The van der Waals surface area contributed by atoms with E-state index < -0.39 is 0 Å². The van der Waals surface area contributed by atoms with E-state index in [1.807, 2.05) is 11.8 Å². The highest BCUT2D eigenvalue weighted by Gasteiger charge is 2.25. The molecule has 0 saturated carbocycles. The number of ether oxygens (including phenoxy) is 1. The summed E-state index contributed by atoms with van der Waals surface area (Å²) in [5.41, 5.74) is 0.867. The van der Waals surface area contributed by atoms with Crippen molar-refractivity contribution in [3.63, 3.8) is 0 Å². The van der Waals surface area contributed by atoms with Crippen LogP contribution in [0.5, 0.6) is 5.88 Å². The predicted molar refractivity (Wildman–Crippen MR) is 82.7 cm³/mol. The molecule has 6 heteroatoms. The lowest BCUT2D eigenvalue weighted by Crippen LogP contribution is -2.44. The Hall–Kier alpha value is -1.69. The molecule has 3 heterocycles. The zero-order valence-electron chi connectivity index (χ0n) is 13.2. The fourth-order valence-corrected chi connectivity index (χ4v) is 3.11. The van der Waals surface area contributed by atoms with Gasteiger partial charge >= 0.3 is 0 Å². The Balaban J connectivity index is 1.43. The van der Waals surface area contributed by atoms with Crippen LogP contribution in [-0.2, 0) is 4.79 Å². The molecule has 0 radical (unpaired) electrons. The van der Waals surface area contributed by atoms with Crippen LogP contribution in [0.1, 0.15) is 31.4 Å². The van der Waals surface area contributed by atoms with E-state index in [0.717, 1.165) is 57.6 Å². The smallest absolute Gasteiger partial charge is 0.236 e. The minimum atomic E-state index is 0.175. The zero-order chi connectivity index (χ0) is 15.4. The van der Waals surface area contributed by atoms with Gasteiger partial charge in [0.1, 0.15) is 6.10 Å². The molecular formula is C16H24N4O2. The second-order valence-corrected chi connectivity index (χ2v) is 6.18. The standard InChI is InChI=1S/C16H24N4O2/c1-13-10-17-11-15(18-13)22-14-4-8-19(9-5-14)12-16(21)20-6-2-3-7-20/h10-11,14H,2-9,12H2,1H3. The van der Waals surface area contributed by atoms with E-state index in [9.17, 15) is 4.79 Å². The van der Waals surface area contributed by atoms with Crippen LogP contribution in [0.15, 0.2) is 12.4 Å². The number of aromatic nitrogens is 2. The van der Waals surface area contributed by atoms with Gasteiger partial charge in [0.2, 0.25) is 11.8 Å². The van der Waals surface area contributed by atoms with Gasteiger partial charge in [0, 0.05) is 32.4 Å². The molecule has 3 rings (SSSR count). The fraction of sp³-hybridized carbons (Fsp3) is 0.688. The van der Waals surface area contributed by atoms with Gasteiger partial charge in [-0.3, -0.25) is 14.7 Å². The first-order valence-electron chi connectivity index (χ1n) is 8.16. The molecule has 0 spiro atoms. The van der Waals surface area contributed by atoms with Crippen LogP contribution in [0.2, 0.25) is 0 Å². The minimum absolute atomic E-state index is 0.175. The predicted octanol–water partition coefficient (Wildman–Crippen LogP) is 1.25. The Labute approximate surface area is 131 Å². The highest BCUT2D eigenvalue weighted by Crippen LogP contribution is 2.17. The molecule has 1 aromatic heterocycles. The van der Waals surface area contributed by atoms with Gasteiger partial charge in [0.15, 0.2) is 0 Å². The molecule has 2 aliphatic rings. The zero-order valence-corrected chi connectivity index (χ0v) is 13.2. The number of likely N-dealkylation sites (tertiary alicyclic amines) is 2. The maximum absolute atomic E-state index is 12.2. The van der Waals surface area contributed by atoms with E-state index in [-0.39, 0.29) is 12.0 Å². The van der Waals surface area contributed by atoms with Gasteiger partial charge < -0.3 is 9.64 Å². The van der Waals surface area contributed by atoms with E-state index in [0.29, 0.717) is 12.4 Å². The molecule has 2 fully saturated rings. The molecule has 120 valence electrons. The van der Waals surface area contributed by atoms with E-state index in [1.54, 1.807) is 12.4 Å². The van der Waals surface area contributed by atoms with Crippen molar-refractivity contribution < 1.29 is 9.53 Å². The Morgan fingerprint density at radius 2 is 1.95 bits per heavy atom. The molecule has 1 amide bonds. The SMILES string of the molecule is Cc1cncc(OC2CCN(CC(=O)N3CCCC3)CC2)n1. The Bertz CT molecular complexity index is 509. The molecule has 2 saturated heterocycles. The van der Waals surface area contributed by atoms with Crippen molar-refractivity contribution in [2.45, 2.75) is 38.7 Å². The highest BCUT2D eigenvalue weighted by molar-refractivity contribution is 5.78. The Morgan fingerprint density at radius 1 is 1.23 bits per heavy atom. The number of hydrogen-bond donors (Lipinski definition) is 0. The number of carbonyl (C=O) groups is 1. The van der Waals surface area contributed by atoms with Crippen LogP contribution in [0, 0.1) is 6.92 Å². The van der Waals surface area contributed by atoms with Crippen molar-refractivity contribution in [1.29, 1.82) is 0 Å². The first-order chi connectivity index (χ1) is 10.7. The normalized spacial score (nSPS) is 20.3. The van der Waals surface area contributed by atoms with Gasteiger partial charge in [-0.1, -0.05) is 0 Å². The van der Waals surface area contributed by atoms with Crippen molar-refractivity contribution in [2.75, 3.05) is 32.7 Å². The van der Waals surface area contributed by atoms with Crippen molar-refractivity contribution in [3.05, 3.63) is 18.1 Å². The van der Waals surface area contributed by atoms with Gasteiger partial charge in [-0.2, -0.15) is 0 Å². The number of amides is 1. The van der Waals surface area contributed by atoms with Crippen LogP contribution < -0.4 is 4.74 Å². The van der Waals surface area contributed by atoms with Gasteiger partial charge in [-0.05, 0) is 32.6 Å². The molecule has 0 bridgehead atoms. The third-order valence-electron chi connectivity index (χ3n) is 4.37. The Kier molecular flexibility index (Phi) is 4.87. The van der Waals surface area contributed by atoms with E-state index in [2.05, 4.69) is 14.9 Å². The number of nitrogens with zero attached hydrogens (tertiary/aromatic N) is 4. The lowest BCUT2D eigenvalue weighted by atomic mass is 10.1. The van der Waals surface area contributed by atoms with Crippen molar-refractivity contribution in [2.24, 2.45) is 0 Å². The summed E-state index contributed by atoms with van der Waals surface area (Å²) in [6.45, 7) is 6.14. The maximum Gasteiger partial charge on any atom is 0.236 e. The van der Waals surface area contributed by atoms with Gasteiger partial charge in [-0.15, -0.1) is 0 Å². The summed E-state index contributed by atoms with van der Waals surface area (Å²) in [7, 11) is 0. The van der Waals surface area contributed by atoms with Crippen LogP contribution in [0.4, 0.5) is 0 Å². The molecule has 0 aromatic carbocycles. The largest absolute Gasteiger partial charge is 0.473 e. The third kappa shape index (κ3) is 3.94. The summed E-state index contributed by atoms with van der Waals surface area (Å²) in [6, 6.07) is 0. The van der Waals surface area contributed by atoms with E-state index in [1.165, 1.54) is 0 Å². The molecule has 6 nitrogen and oxygen atoms in total. The number of carbonyl (C=O) groups excluding carboxylic acids is 1. The summed E-state index contributed by atoms with van der Waals surface area (Å²) in [4.78, 5) is 24.8. The molecule has 0 N–H and O–H groups in total. The van der Waals surface area contributed by atoms with Crippen LogP contribution in [0.3, 0.4) is 0 Å². The van der Waals surface area contributed by atoms with Crippen molar-refractivity contribution in [3.8, 4) is 5.88 Å². The maximum atomic E-state index is 12.2. The molecule has 0 aliphatic carbocycles. The topological polar surface area (TPSA) is 58.6 Å². The van der Waals surface area contributed by atoms with E-state index >= 15 is 0 Å². The summed E-state index contributed by atoms with van der Waals surface area (Å²) in [5, 5.41) is 0. The minimum Gasteiger partial charge on any atom is -0.473 e. The number of rotatable bonds is 4. The Morgan fingerprint density at radius 3 is 2.64 bits per heavy atom. The van der Waals surface area contributed by atoms with Gasteiger partial charge in [0.05, 0.1) is 18.4 Å². The summed E-state index contributed by atoms with van der Waals surface area (Å²) >= 11 is 0. The van der Waals surface area contributed by atoms with Gasteiger partial charge in [-0.25, -0.2) is 4.98 Å². The second-order valence-electron chi connectivity index (χ2n) is 6.18. The molecule has 22 heavy (non-hydrogen) atoms. The average Bonchev–Trinajstić information content (AvgIpc) is 3.04. The van der Waals surface area contributed by atoms with Gasteiger partial charge in [0.25, 0.3) is 0 Å². The number of aryl methyl sites for hydroxylation is 1. The number of piperidine rings is 1. The molecule has 2 aliphatic heterocycles. The van der Waals surface area contributed by atoms with Crippen LogP contribution in [-0.4, -0.2) is 64.5 Å². The van der Waals surface area contributed by atoms with Crippen molar-refractivity contribution >= 4 is 5.91 Å². The van der Waals surface area contributed by atoms with Crippen LogP contribution in [0.25, 0.3) is 0 Å². The monoisotopic (exact) mass is 304 g/mol. The first-order valence-corrected chi connectivity index (χ1v) is 8.16.